The summed E-state index contributed by atoms with van der Waals surface area (Å²) in [7, 11) is 1.80. The Kier molecular flexibility index (Phi) is 2.34. The molecule has 0 radical (unpaired) electrons. The number of hydrogen-bond acceptors (Lipinski definition) is 4. The zero-order valence-corrected chi connectivity index (χ0v) is 8.14. The molecule has 2 aromatic rings. The average molecular weight is 206 g/mol. The summed E-state index contributed by atoms with van der Waals surface area (Å²) >= 11 is 0. The Bertz CT molecular complexity index is 506. The Hall–Kier alpha value is -1.95. The molecule has 0 aromatic carbocycles. The van der Waals surface area contributed by atoms with Gasteiger partial charge in [-0.3, -0.25) is 0 Å². The number of aromatic nitrogens is 3. The molecular formula is C9H10N4O2. The molecule has 2 heterocycles. The van der Waals surface area contributed by atoms with Crippen molar-refractivity contribution >= 4 is 11.6 Å². The predicted octanol–water partition coefficient (Wildman–Crippen LogP) is 0.147. The highest BCUT2D eigenvalue weighted by molar-refractivity contribution is 5.87. The van der Waals surface area contributed by atoms with Crippen molar-refractivity contribution in [2.75, 3.05) is 7.05 Å². The lowest BCUT2D eigenvalue weighted by atomic mass is 10.3. The van der Waals surface area contributed by atoms with Gasteiger partial charge in [-0.25, -0.2) is 14.3 Å². The number of fused-ring (bicyclic) bond motifs is 1. The zero-order valence-electron chi connectivity index (χ0n) is 8.14. The molecule has 0 aliphatic heterocycles. The molecule has 0 unspecified atom stereocenters. The van der Waals surface area contributed by atoms with E-state index in [0.29, 0.717) is 18.0 Å². The van der Waals surface area contributed by atoms with Crippen LogP contribution in [0.1, 0.15) is 16.2 Å². The van der Waals surface area contributed by atoms with E-state index in [9.17, 15) is 4.79 Å². The van der Waals surface area contributed by atoms with Crippen LogP contribution in [0.15, 0.2) is 18.3 Å². The third-order valence-electron chi connectivity index (χ3n) is 1.96. The summed E-state index contributed by atoms with van der Waals surface area (Å²) in [5, 5.41) is 15.8. The minimum Gasteiger partial charge on any atom is -0.478 e. The summed E-state index contributed by atoms with van der Waals surface area (Å²) in [6.45, 7) is 0.560. The van der Waals surface area contributed by atoms with Gasteiger partial charge in [-0.05, 0) is 19.2 Å². The van der Waals surface area contributed by atoms with Gasteiger partial charge in [0.15, 0.2) is 11.5 Å². The SMILES string of the molecule is CNCc1nc2ccc(C(=O)O)cn2n1. The Morgan fingerprint density at radius 1 is 1.60 bits per heavy atom. The number of carboxylic acid groups (broad SMARTS) is 1. The summed E-state index contributed by atoms with van der Waals surface area (Å²) in [5.74, 6) is -0.331. The first-order valence-electron chi connectivity index (χ1n) is 4.44. The first kappa shape index (κ1) is 9.60. The fourth-order valence-corrected chi connectivity index (χ4v) is 1.29. The molecule has 0 bridgehead atoms. The van der Waals surface area contributed by atoms with Gasteiger partial charge in [-0.15, -0.1) is 5.10 Å². The molecule has 0 atom stereocenters. The van der Waals surface area contributed by atoms with Crippen LogP contribution in [0, 0.1) is 0 Å². The zero-order chi connectivity index (χ0) is 10.8. The van der Waals surface area contributed by atoms with Crippen LogP contribution in [0.4, 0.5) is 0 Å². The van der Waals surface area contributed by atoms with Gasteiger partial charge in [-0.1, -0.05) is 0 Å². The quantitative estimate of drug-likeness (QED) is 0.747. The number of hydrogen-bond donors (Lipinski definition) is 2. The molecule has 2 rings (SSSR count). The van der Waals surface area contributed by atoms with Crippen molar-refractivity contribution in [3.63, 3.8) is 0 Å². The fraction of sp³-hybridized carbons (Fsp3) is 0.222. The van der Waals surface area contributed by atoms with Gasteiger partial charge in [0.05, 0.1) is 12.1 Å². The summed E-state index contributed by atoms with van der Waals surface area (Å²) < 4.78 is 1.47. The van der Waals surface area contributed by atoms with Crippen LogP contribution in [-0.4, -0.2) is 32.7 Å². The minimum absolute atomic E-state index is 0.198. The van der Waals surface area contributed by atoms with Gasteiger partial charge in [0.1, 0.15) is 0 Å². The van der Waals surface area contributed by atoms with Crippen LogP contribution < -0.4 is 5.32 Å². The Balaban J connectivity index is 2.47. The summed E-state index contributed by atoms with van der Waals surface area (Å²) in [6.07, 6.45) is 1.45. The van der Waals surface area contributed by atoms with Gasteiger partial charge < -0.3 is 10.4 Å². The monoisotopic (exact) mass is 206 g/mol. The van der Waals surface area contributed by atoms with Crippen LogP contribution in [0.2, 0.25) is 0 Å². The van der Waals surface area contributed by atoms with Crippen molar-refractivity contribution in [1.29, 1.82) is 0 Å². The number of rotatable bonds is 3. The molecule has 2 N–H and O–H groups in total. The number of nitrogens with one attached hydrogen (secondary N) is 1. The maximum atomic E-state index is 10.7. The third-order valence-corrected chi connectivity index (χ3v) is 1.96. The number of nitrogens with zero attached hydrogens (tertiary/aromatic N) is 3. The second kappa shape index (κ2) is 3.66. The lowest BCUT2D eigenvalue weighted by molar-refractivity contribution is 0.0696. The van der Waals surface area contributed by atoms with Gasteiger partial charge in [0.25, 0.3) is 0 Å². The normalized spacial score (nSPS) is 10.7. The molecule has 6 nitrogen and oxygen atoms in total. The standard InChI is InChI=1S/C9H10N4O2/c1-10-4-7-11-8-3-2-6(9(14)15)5-13(8)12-7/h2-3,5,10H,4H2,1H3,(H,14,15). The number of pyridine rings is 1. The first-order valence-corrected chi connectivity index (χ1v) is 4.44. The second-order valence-corrected chi connectivity index (χ2v) is 3.08. The summed E-state index contributed by atoms with van der Waals surface area (Å²) in [5.41, 5.74) is 0.841. The molecule has 0 fully saturated rings. The lowest BCUT2D eigenvalue weighted by Gasteiger charge is -1.93. The van der Waals surface area contributed by atoms with E-state index in [1.807, 2.05) is 0 Å². The van der Waals surface area contributed by atoms with Crippen LogP contribution >= 0.6 is 0 Å². The van der Waals surface area contributed by atoms with Crippen molar-refractivity contribution in [3.8, 4) is 0 Å². The second-order valence-electron chi connectivity index (χ2n) is 3.08. The summed E-state index contributed by atoms with van der Waals surface area (Å²) in [6, 6.07) is 3.14. The van der Waals surface area contributed by atoms with Crippen molar-refractivity contribution < 1.29 is 9.90 Å². The van der Waals surface area contributed by atoms with Crippen molar-refractivity contribution in [3.05, 3.63) is 29.7 Å². The molecule has 6 heteroatoms. The molecule has 0 saturated carbocycles. The van der Waals surface area contributed by atoms with Crippen LogP contribution in [0.3, 0.4) is 0 Å². The number of carbonyl (C=O) groups is 1. The molecule has 0 amide bonds. The predicted molar refractivity (Wildman–Crippen MR) is 52.7 cm³/mol. The van der Waals surface area contributed by atoms with E-state index in [1.54, 1.807) is 13.1 Å². The fourth-order valence-electron chi connectivity index (χ4n) is 1.29. The van der Waals surface area contributed by atoms with Crippen molar-refractivity contribution in [2.24, 2.45) is 0 Å². The smallest absolute Gasteiger partial charge is 0.337 e. The highest BCUT2D eigenvalue weighted by Gasteiger charge is 2.06. The molecule has 0 aliphatic rings. The van der Waals surface area contributed by atoms with E-state index in [2.05, 4.69) is 15.4 Å². The van der Waals surface area contributed by atoms with E-state index >= 15 is 0 Å². The topological polar surface area (TPSA) is 79.5 Å². The molecule has 2 aromatic heterocycles. The molecule has 0 saturated heterocycles. The van der Waals surface area contributed by atoms with Gasteiger partial charge in [-0.2, -0.15) is 0 Å². The Morgan fingerprint density at radius 3 is 3.07 bits per heavy atom. The van der Waals surface area contributed by atoms with E-state index < -0.39 is 5.97 Å². The maximum Gasteiger partial charge on any atom is 0.337 e. The van der Waals surface area contributed by atoms with E-state index in [4.69, 9.17) is 5.11 Å². The molecule has 15 heavy (non-hydrogen) atoms. The van der Waals surface area contributed by atoms with Crippen LogP contribution in [0.25, 0.3) is 5.65 Å². The number of carboxylic acids is 1. The van der Waals surface area contributed by atoms with Gasteiger partial charge in [0.2, 0.25) is 0 Å². The Labute approximate surface area is 85.6 Å². The lowest BCUT2D eigenvalue weighted by Crippen LogP contribution is -2.06. The highest BCUT2D eigenvalue weighted by Crippen LogP contribution is 2.04. The van der Waals surface area contributed by atoms with E-state index in [-0.39, 0.29) is 5.56 Å². The molecule has 0 aliphatic carbocycles. The Morgan fingerprint density at radius 2 is 2.40 bits per heavy atom. The van der Waals surface area contributed by atoms with Crippen molar-refractivity contribution in [2.45, 2.75) is 6.54 Å². The minimum atomic E-state index is -0.970. The van der Waals surface area contributed by atoms with Crippen molar-refractivity contribution in [1.82, 2.24) is 19.9 Å². The number of aromatic carboxylic acids is 1. The molecule has 0 spiro atoms. The van der Waals surface area contributed by atoms with Gasteiger partial charge in [0, 0.05) is 6.20 Å². The first-order chi connectivity index (χ1) is 7.20. The average Bonchev–Trinajstić information content (AvgIpc) is 2.59. The molecule has 78 valence electrons. The third kappa shape index (κ3) is 1.79. The molecular weight excluding hydrogens is 196 g/mol. The van der Waals surface area contributed by atoms with Crippen LogP contribution in [0.5, 0.6) is 0 Å². The largest absolute Gasteiger partial charge is 0.478 e. The van der Waals surface area contributed by atoms with Gasteiger partial charge >= 0.3 is 5.97 Å². The summed E-state index contributed by atoms with van der Waals surface area (Å²) in [4.78, 5) is 14.9. The maximum absolute atomic E-state index is 10.7. The van der Waals surface area contributed by atoms with E-state index in [0.717, 1.165) is 0 Å². The van der Waals surface area contributed by atoms with Crippen LogP contribution in [-0.2, 0) is 6.54 Å². The highest BCUT2D eigenvalue weighted by atomic mass is 16.4. The van der Waals surface area contributed by atoms with E-state index in [1.165, 1.54) is 16.8 Å².